The fourth-order valence-corrected chi connectivity index (χ4v) is 3.59. The molecule has 108 valence electrons. The van der Waals surface area contributed by atoms with Gasteiger partial charge in [-0.2, -0.15) is 0 Å². The van der Waals surface area contributed by atoms with Gasteiger partial charge in [0.2, 0.25) is 5.91 Å². The minimum absolute atomic E-state index is 0.0135. The predicted octanol–water partition coefficient (Wildman–Crippen LogP) is 2.99. The SMILES string of the molecule is CCNC1C(=O)Nc2cc(Sc3cnccn3)c(Br)cc21. The Balaban J connectivity index is 1.92. The number of hydrogen-bond acceptors (Lipinski definition) is 5. The van der Waals surface area contributed by atoms with Crippen molar-refractivity contribution in [1.29, 1.82) is 0 Å². The average molecular weight is 365 g/mol. The maximum atomic E-state index is 12.0. The number of carbonyl (C=O) groups is 1. The molecule has 1 amide bonds. The summed E-state index contributed by atoms with van der Waals surface area (Å²) in [6, 6.07) is 3.67. The van der Waals surface area contributed by atoms with E-state index < -0.39 is 0 Å². The summed E-state index contributed by atoms with van der Waals surface area (Å²) in [5.74, 6) is -0.0135. The summed E-state index contributed by atoms with van der Waals surface area (Å²) in [4.78, 5) is 21.3. The van der Waals surface area contributed by atoms with Crippen molar-refractivity contribution in [3.63, 3.8) is 0 Å². The molecule has 1 aromatic carbocycles. The lowest BCUT2D eigenvalue weighted by molar-refractivity contribution is -0.117. The van der Waals surface area contributed by atoms with Crippen LogP contribution in [0.5, 0.6) is 0 Å². The standard InChI is InChI=1S/C14H13BrN4OS/c1-2-17-13-8-5-9(15)11(6-10(8)19-14(13)20)21-12-7-16-3-4-18-12/h3-7,13,17H,2H2,1H3,(H,19,20). The van der Waals surface area contributed by atoms with Crippen LogP contribution in [0.3, 0.4) is 0 Å². The number of amides is 1. The zero-order valence-electron chi connectivity index (χ0n) is 11.3. The van der Waals surface area contributed by atoms with Crippen molar-refractivity contribution in [2.45, 2.75) is 22.9 Å². The molecule has 7 heteroatoms. The Hall–Kier alpha value is -1.44. The van der Waals surface area contributed by atoms with E-state index in [9.17, 15) is 4.79 Å². The van der Waals surface area contributed by atoms with E-state index in [2.05, 4.69) is 36.5 Å². The van der Waals surface area contributed by atoms with Crippen LogP contribution in [0.4, 0.5) is 5.69 Å². The smallest absolute Gasteiger partial charge is 0.246 e. The molecule has 0 spiro atoms. The van der Waals surface area contributed by atoms with Crippen LogP contribution in [0.25, 0.3) is 0 Å². The summed E-state index contributed by atoms with van der Waals surface area (Å²) in [5, 5.41) is 6.91. The summed E-state index contributed by atoms with van der Waals surface area (Å²) in [6.07, 6.45) is 5.01. The maximum absolute atomic E-state index is 12.0. The average Bonchev–Trinajstić information content (AvgIpc) is 2.77. The van der Waals surface area contributed by atoms with Crippen LogP contribution in [-0.2, 0) is 4.79 Å². The Morgan fingerprint density at radius 3 is 3.00 bits per heavy atom. The van der Waals surface area contributed by atoms with Crippen LogP contribution in [0.2, 0.25) is 0 Å². The Bertz CT molecular complexity index is 680. The first kappa shape index (κ1) is 14.5. The van der Waals surface area contributed by atoms with Crippen LogP contribution >= 0.6 is 27.7 Å². The molecular formula is C14H13BrN4OS. The van der Waals surface area contributed by atoms with E-state index in [0.29, 0.717) is 0 Å². The van der Waals surface area contributed by atoms with Gasteiger partial charge in [-0.1, -0.05) is 18.7 Å². The maximum Gasteiger partial charge on any atom is 0.246 e. The van der Waals surface area contributed by atoms with E-state index in [0.717, 1.165) is 32.2 Å². The van der Waals surface area contributed by atoms with Crippen LogP contribution in [-0.4, -0.2) is 22.4 Å². The molecule has 1 aliphatic heterocycles. The van der Waals surface area contributed by atoms with Crippen molar-refractivity contribution in [2.24, 2.45) is 0 Å². The summed E-state index contributed by atoms with van der Waals surface area (Å²) in [6.45, 7) is 2.73. The second-order valence-corrected chi connectivity index (χ2v) is 6.41. The van der Waals surface area contributed by atoms with E-state index in [4.69, 9.17) is 0 Å². The minimum atomic E-state index is -0.281. The van der Waals surface area contributed by atoms with Crippen LogP contribution in [0.1, 0.15) is 18.5 Å². The Labute approximate surface area is 135 Å². The van der Waals surface area contributed by atoms with Gasteiger partial charge in [0, 0.05) is 33.0 Å². The molecule has 1 aliphatic rings. The fraction of sp³-hybridized carbons (Fsp3) is 0.214. The number of likely N-dealkylation sites (N-methyl/N-ethyl adjacent to an activating group) is 1. The number of aromatic nitrogens is 2. The molecular weight excluding hydrogens is 352 g/mol. The van der Waals surface area contributed by atoms with E-state index in [1.807, 2.05) is 19.1 Å². The number of hydrogen-bond donors (Lipinski definition) is 2. The first-order valence-electron chi connectivity index (χ1n) is 6.50. The second kappa shape index (κ2) is 6.13. The van der Waals surface area contributed by atoms with E-state index in [-0.39, 0.29) is 11.9 Å². The quantitative estimate of drug-likeness (QED) is 0.872. The zero-order chi connectivity index (χ0) is 14.8. The van der Waals surface area contributed by atoms with Crippen LogP contribution in [0, 0.1) is 0 Å². The lowest BCUT2D eigenvalue weighted by atomic mass is 10.1. The van der Waals surface area contributed by atoms with Crippen LogP contribution < -0.4 is 10.6 Å². The summed E-state index contributed by atoms with van der Waals surface area (Å²) in [7, 11) is 0. The number of halogens is 1. The highest BCUT2D eigenvalue weighted by atomic mass is 79.9. The molecule has 0 bridgehead atoms. The molecule has 2 heterocycles. The first-order valence-corrected chi connectivity index (χ1v) is 8.11. The van der Waals surface area contributed by atoms with Crippen molar-refractivity contribution < 1.29 is 4.79 Å². The fourth-order valence-electron chi connectivity index (χ4n) is 2.20. The van der Waals surface area contributed by atoms with Crippen molar-refractivity contribution in [3.05, 3.63) is 40.8 Å². The van der Waals surface area contributed by atoms with Gasteiger partial charge in [0.05, 0.1) is 6.20 Å². The van der Waals surface area contributed by atoms with Gasteiger partial charge in [0.15, 0.2) is 0 Å². The molecule has 0 saturated heterocycles. The van der Waals surface area contributed by atoms with Gasteiger partial charge in [-0.25, -0.2) is 4.98 Å². The highest BCUT2D eigenvalue weighted by Gasteiger charge is 2.30. The van der Waals surface area contributed by atoms with Gasteiger partial charge in [0.25, 0.3) is 0 Å². The molecule has 0 radical (unpaired) electrons. The van der Waals surface area contributed by atoms with E-state index >= 15 is 0 Å². The van der Waals surface area contributed by atoms with E-state index in [1.54, 1.807) is 18.6 Å². The van der Waals surface area contributed by atoms with Crippen molar-refractivity contribution in [3.8, 4) is 0 Å². The molecule has 1 aromatic heterocycles. The molecule has 0 aliphatic carbocycles. The van der Waals surface area contributed by atoms with Gasteiger partial charge < -0.3 is 10.6 Å². The Kier molecular flexibility index (Phi) is 4.23. The molecule has 3 rings (SSSR count). The van der Waals surface area contributed by atoms with Crippen molar-refractivity contribution >= 4 is 39.3 Å². The monoisotopic (exact) mass is 364 g/mol. The predicted molar refractivity (Wildman–Crippen MR) is 85.3 cm³/mol. The van der Waals surface area contributed by atoms with Gasteiger partial charge >= 0.3 is 0 Å². The molecule has 21 heavy (non-hydrogen) atoms. The van der Waals surface area contributed by atoms with Gasteiger partial charge in [-0.05, 0) is 34.6 Å². The summed E-state index contributed by atoms with van der Waals surface area (Å²) in [5.41, 5.74) is 1.82. The largest absolute Gasteiger partial charge is 0.324 e. The van der Waals surface area contributed by atoms with Crippen LogP contribution in [0.15, 0.2) is 45.1 Å². The minimum Gasteiger partial charge on any atom is -0.324 e. The Morgan fingerprint density at radius 1 is 1.43 bits per heavy atom. The molecule has 0 fully saturated rings. The highest BCUT2D eigenvalue weighted by Crippen LogP contribution is 2.40. The number of benzene rings is 1. The number of nitrogens with zero attached hydrogens (tertiary/aromatic N) is 2. The topological polar surface area (TPSA) is 66.9 Å². The lowest BCUT2D eigenvalue weighted by Crippen LogP contribution is -2.27. The molecule has 1 unspecified atom stereocenters. The van der Waals surface area contributed by atoms with Crippen molar-refractivity contribution in [1.82, 2.24) is 15.3 Å². The molecule has 2 aromatic rings. The normalized spacial score (nSPS) is 16.7. The number of nitrogens with one attached hydrogen (secondary N) is 2. The third-order valence-electron chi connectivity index (χ3n) is 3.10. The third kappa shape index (κ3) is 2.95. The number of fused-ring (bicyclic) bond motifs is 1. The molecule has 1 atom stereocenters. The lowest BCUT2D eigenvalue weighted by Gasteiger charge is -2.11. The molecule has 5 nitrogen and oxygen atoms in total. The second-order valence-electron chi connectivity index (χ2n) is 4.50. The van der Waals surface area contributed by atoms with Gasteiger partial charge in [0.1, 0.15) is 11.1 Å². The third-order valence-corrected chi connectivity index (χ3v) is 4.99. The summed E-state index contributed by atoms with van der Waals surface area (Å²) < 4.78 is 0.941. The number of carbonyl (C=O) groups excluding carboxylic acids is 1. The van der Waals surface area contributed by atoms with E-state index in [1.165, 1.54) is 11.8 Å². The Morgan fingerprint density at radius 2 is 2.29 bits per heavy atom. The molecule has 0 saturated carbocycles. The number of rotatable bonds is 4. The number of anilines is 1. The highest BCUT2D eigenvalue weighted by molar-refractivity contribution is 9.10. The van der Waals surface area contributed by atoms with Gasteiger partial charge in [-0.15, -0.1) is 0 Å². The first-order chi connectivity index (χ1) is 10.2. The molecule has 2 N–H and O–H groups in total. The van der Waals surface area contributed by atoms with Gasteiger partial charge in [-0.3, -0.25) is 9.78 Å². The summed E-state index contributed by atoms with van der Waals surface area (Å²) >= 11 is 5.07. The zero-order valence-corrected chi connectivity index (χ0v) is 13.7. The van der Waals surface area contributed by atoms with Crippen molar-refractivity contribution in [2.75, 3.05) is 11.9 Å².